The number of nitrogens with zero attached hydrogens (tertiary/aromatic N) is 1. The summed E-state index contributed by atoms with van der Waals surface area (Å²) in [6.07, 6.45) is 2.84. The van der Waals surface area contributed by atoms with Gasteiger partial charge in [-0.1, -0.05) is 20.8 Å². The molecular weight excluding hydrogens is 242 g/mol. The van der Waals surface area contributed by atoms with Crippen molar-refractivity contribution in [3.63, 3.8) is 0 Å². The molecule has 98 valence electrons. The van der Waals surface area contributed by atoms with E-state index in [9.17, 15) is 0 Å². The molecule has 3 N–H and O–H groups in total. The fraction of sp³-hybridized carbons (Fsp3) is 0.500. The van der Waals surface area contributed by atoms with Gasteiger partial charge in [0, 0.05) is 28.9 Å². The second-order valence-electron chi connectivity index (χ2n) is 5.90. The van der Waals surface area contributed by atoms with Gasteiger partial charge in [0.25, 0.3) is 0 Å². The molecule has 0 amide bonds. The lowest BCUT2D eigenvalue weighted by atomic mass is 9.88. The lowest BCUT2D eigenvalue weighted by Gasteiger charge is -2.23. The number of rotatable bonds is 4. The van der Waals surface area contributed by atoms with Crippen molar-refractivity contribution in [3.8, 4) is 0 Å². The van der Waals surface area contributed by atoms with E-state index in [1.54, 1.807) is 11.3 Å². The standard InChI is InChI=1S/C14H21N3S/c1-14(2,3)8-10(15)9-17-13-11-5-7-18-12(11)4-6-16-13/h4-7,10H,8-9,15H2,1-3H3,(H,16,17). The molecule has 18 heavy (non-hydrogen) atoms. The van der Waals surface area contributed by atoms with E-state index in [1.165, 1.54) is 10.1 Å². The van der Waals surface area contributed by atoms with Crippen LogP contribution in [0.2, 0.25) is 0 Å². The maximum atomic E-state index is 6.14. The van der Waals surface area contributed by atoms with Gasteiger partial charge in [-0.3, -0.25) is 0 Å². The molecule has 0 aliphatic carbocycles. The van der Waals surface area contributed by atoms with Gasteiger partial charge in [0.2, 0.25) is 0 Å². The highest BCUT2D eigenvalue weighted by Crippen LogP contribution is 2.26. The van der Waals surface area contributed by atoms with Crippen LogP contribution in [0.25, 0.3) is 10.1 Å². The molecule has 2 heterocycles. The number of anilines is 1. The molecule has 0 saturated carbocycles. The SMILES string of the molecule is CC(C)(C)CC(N)CNc1nccc2sccc12. The largest absolute Gasteiger partial charge is 0.368 e. The molecular formula is C14H21N3S. The fourth-order valence-electron chi connectivity index (χ4n) is 2.12. The Kier molecular flexibility index (Phi) is 3.88. The number of thiophene rings is 1. The molecule has 2 aromatic heterocycles. The van der Waals surface area contributed by atoms with Gasteiger partial charge in [-0.2, -0.15) is 0 Å². The van der Waals surface area contributed by atoms with E-state index in [1.807, 2.05) is 12.3 Å². The van der Waals surface area contributed by atoms with E-state index >= 15 is 0 Å². The summed E-state index contributed by atoms with van der Waals surface area (Å²) in [6.45, 7) is 7.40. The summed E-state index contributed by atoms with van der Waals surface area (Å²) in [5.41, 5.74) is 6.41. The van der Waals surface area contributed by atoms with E-state index in [2.05, 4.69) is 42.5 Å². The highest BCUT2D eigenvalue weighted by Gasteiger charge is 2.15. The monoisotopic (exact) mass is 263 g/mol. The number of pyridine rings is 1. The lowest BCUT2D eigenvalue weighted by molar-refractivity contribution is 0.344. The third kappa shape index (κ3) is 3.43. The van der Waals surface area contributed by atoms with Crippen molar-refractivity contribution in [1.82, 2.24) is 4.98 Å². The number of aromatic nitrogens is 1. The number of fused-ring (bicyclic) bond motifs is 1. The summed E-state index contributed by atoms with van der Waals surface area (Å²) in [5, 5.41) is 6.64. The van der Waals surface area contributed by atoms with Crippen molar-refractivity contribution in [2.45, 2.75) is 33.2 Å². The number of nitrogens with two attached hydrogens (primary N) is 1. The minimum Gasteiger partial charge on any atom is -0.368 e. The molecule has 0 aliphatic heterocycles. The smallest absolute Gasteiger partial charge is 0.134 e. The van der Waals surface area contributed by atoms with E-state index in [-0.39, 0.29) is 11.5 Å². The van der Waals surface area contributed by atoms with Crippen LogP contribution in [0.5, 0.6) is 0 Å². The molecule has 0 aliphatic rings. The van der Waals surface area contributed by atoms with E-state index in [0.717, 1.165) is 18.8 Å². The molecule has 1 atom stereocenters. The Morgan fingerprint density at radius 1 is 1.39 bits per heavy atom. The molecule has 0 spiro atoms. The lowest BCUT2D eigenvalue weighted by Crippen LogP contribution is -2.33. The molecule has 3 nitrogen and oxygen atoms in total. The summed E-state index contributed by atoms with van der Waals surface area (Å²) in [7, 11) is 0. The molecule has 0 bridgehead atoms. The summed E-state index contributed by atoms with van der Waals surface area (Å²) < 4.78 is 1.26. The molecule has 4 heteroatoms. The molecule has 0 fully saturated rings. The number of hydrogen-bond acceptors (Lipinski definition) is 4. The summed E-state index contributed by atoms with van der Waals surface area (Å²) >= 11 is 1.73. The Morgan fingerprint density at radius 2 is 2.17 bits per heavy atom. The Labute approximate surface area is 112 Å². The third-order valence-electron chi connectivity index (χ3n) is 2.79. The van der Waals surface area contributed by atoms with Crippen LogP contribution in [0.4, 0.5) is 5.82 Å². The third-order valence-corrected chi connectivity index (χ3v) is 3.67. The van der Waals surface area contributed by atoms with Gasteiger partial charge < -0.3 is 11.1 Å². The first-order valence-electron chi connectivity index (χ1n) is 6.27. The summed E-state index contributed by atoms with van der Waals surface area (Å²) in [5.74, 6) is 0.943. The first-order valence-corrected chi connectivity index (χ1v) is 7.15. The average Bonchev–Trinajstić information content (AvgIpc) is 2.72. The van der Waals surface area contributed by atoms with Crippen molar-refractivity contribution < 1.29 is 0 Å². The van der Waals surface area contributed by atoms with Crippen LogP contribution in [0, 0.1) is 5.41 Å². The summed E-state index contributed by atoms with van der Waals surface area (Å²) in [6, 6.07) is 4.30. The highest BCUT2D eigenvalue weighted by molar-refractivity contribution is 7.17. The van der Waals surface area contributed by atoms with Crippen LogP contribution in [-0.4, -0.2) is 17.6 Å². The van der Waals surface area contributed by atoms with Crippen LogP contribution in [-0.2, 0) is 0 Å². The Balaban J connectivity index is 2.00. The Hall–Kier alpha value is -1.13. The summed E-state index contributed by atoms with van der Waals surface area (Å²) in [4.78, 5) is 4.39. The molecule has 2 rings (SSSR count). The van der Waals surface area contributed by atoms with Crippen molar-refractivity contribution in [2.24, 2.45) is 11.1 Å². The zero-order valence-corrected chi connectivity index (χ0v) is 12.1. The van der Waals surface area contributed by atoms with Gasteiger partial charge in [0.05, 0.1) is 0 Å². The van der Waals surface area contributed by atoms with Crippen molar-refractivity contribution in [2.75, 3.05) is 11.9 Å². The van der Waals surface area contributed by atoms with E-state index < -0.39 is 0 Å². The molecule has 2 aromatic rings. The van der Waals surface area contributed by atoms with Gasteiger partial charge in [0.1, 0.15) is 5.82 Å². The molecule has 0 radical (unpaired) electrons. The van der Waals surface area contributed by atoms with Crippen molar-refractivity contribution in [1.29, 1.82) is 0 Å². The van der Waals surface area contributed by atoms with Gasteiger partial charge >= 0.3 is 0 Å². The van der Waals surface area contributed by atoms with Crippen molar-refractivity contribution in [3.05, 3.63) is 23.7 Å². The predicted octanol–water partition coefficient (Wildman–Crippen LogP) is 3.47. The molecule has 1 unspecified atom stereocenters. The van der Waals surface area contributed by atoms with Crippen LogP contribution >= 0.6 is 11.3 Å². The van der Waals surface area contributed by atoms with Gasteiger partial charge in [-0.25, -0.2) is 4.98 Å². The van der Waals surface area contributed by atoms with Crippen LogP contribution < -0.4 is 11.1 Å². The first kappa shape index (κ1) is 13.3. The van der Waals surface area contributed by atoms with E-state index in [0.29, 0.717) is 0 Å². The topological polar surface area (TPSA) is 50.9 Å². The normalized spacial score (nSPS) is 13.8. The highest BCUT2D eigenvalue weighted by atomic mass is 32.1. The quantitative estimate of drug-likeness (QED) is 0.888. The fourth-order valence-corrected chi connectivity index (χ4v) is 2.90. The van der Waals surface area contributed by atoms with E-state index in [4.69, 9.17) is 5.73 Å². The zero-order chi connectivity index (χ0) is 13.2. The maximum Gasteiger partial charge on any atom is 0.134 e. The second kappa shape index (κ2) is 5.24. The zero-order valence-electron chi connectivity index (χ0n) is 11.2. The average molecular weight is 263 g/mol. The molecule has 0 aromatic carbocycles. The van der Waals surface area contributed by atoms with Crippen LogP contribution in [0.3, 0.4) is 0 Å². The van der Waals surface area contributed by atoms with Crippen LogP contribution in [0.1, 0.15) is 27.2 Å². The van der Waals surface area contributed by atoms with Crippen molar-refractivity contribution >= 4 is 27.2 Å². The Bertz CT molecular complexity index is 513. The maximum absolute atomic E-state index is 6.14. The Morgan fingerprint density at radius 3 is 2.89 bits per heavy atom. The van der Waals surface area contributed by atoms with Gasteiger partial charge in [0.15, 0.2) is 0 Å². The second-order valence-corrected chi connectivity index (χ2v) is 6.85. The van der Waals surface area contributed by atoms with Gasteiger partial charge in [-0.15, -0.1) is 11.3 Å². The minimum atomic E-state index is 0.153. The number of nitrogens with one attached hydrogen (secondary N) is 1. The predicted molar refractivity (Wildman–Crippen MR) is 80.2 cm³/mol. The molecule has 0 saturated heterocycles. The number of hydrogen-bond donors (Lipinski definition) is 2. The van der Waals surface area contributed by atoms with Crippen LogP contribution in [0.15, 0.2) is 23.7 Å². The first-order chi connectivity index (χ1) is 8.46. The minimum absolute atomic E-state index is 0.153. The van der Waals surface area contributed by atoms with Gasteiger partial charge in [-0.05, 0) is 29.3 Å².